The standard InChI is InChI=1S/C14H24N2/c1-8(2)12-6-9(3)7-13-10(4)15-11(5)16-14(12)13/h6-8,10-11,13-16H,1-5H3. The van der Waals surface area contributed by atoms with Gasteiger partial charge in [0.2, 0.25) is 0 Å². The summed E-state index contributed by atoms with van der Waals surface area (Å²) in [6.45, 7) is 11.3. The van der Waals surface area contributed by atoms with Gasteiger partial charge in [0.15, 0.2) is 0 Å². The fraction of sp³-hybridized carbons (Fsp3) is 0.714. The molecule has 1 fully saturated rings. The highest BCUT2D eigenvalue weighted by molar-refractivity contribution is 5.35. The zero-order valence-corrected chi connectivity index (χ0v) is 11.0. The molecule has 0 saturated carbocycles. The third kappa shape index (κ3) is 2.09. The van der Waals surface area contributed by atoms with Crippen LogP contribution in [0.25, 0.3) is 0 Å². The number of hydrogen-bond acceptors (Lipinski definition) is 2. The first-order chi connectivity index (χ1) is 7.49. The van der Waals surface area contributed by atoms with E-state index in [9.17, 15) is 0 Å². The highest BCUT2D eigenvalue weighted by Crippen LogP contribution is 2.32. The van der Waals surface area contributed by atoms with E-state index in [4.69, 9.17) is 0 Å². The van der Waals surface area contributed by atoms with E-state index in [0.717, 1.165) is 0 Å². The Labute approximate surface area is 99.2 Å². The average molecular weight is 220 g/mol. The zero-order chi connectivity index (χ0) is 11.9. The van der Waals surface area contributed by atoms with E-state index in [2.05, 4.69) is 57.4 Å². The average Bonchev–Trinajstić information content (AvgIpc) is 2.18. The third-order valence-corrected chi connectivity index (χ3v) is 3.78. The Morgan fingerprint density at radius 2 is 1.88 bits per heavy atom. The van der Waals surface area contributed by atoms with Crippen LogP contribution in [0.5, 0.6) is 0 Å². The van der Waals surface area contributed by atoms with Gasteiger partial charge in [0.1, 0.15) is 0 Å². The van der Waals surface area contributed by atoms with E-state index in [-0.39, 0.29) is 0 Å². The number of hydrogen-bond donors (Lipinski definition) is 2. The van der Waals surface area contributed by atoms with Crippen LogP contribution in [0.1, 0.15) is 34.6 Å². The van der Waals surface area contributed by atoms with Gasteiger partial charge in [-0.05, 0) is 32.3 Å². The van der Waals surface area contributed by atoms with E-state index in [1.165, 1.54) is 5.57 Å². The molecule has 1 aliphatic heterocycles. The van der Waals surface area contributed by atoms with Gasteiger partial charge >= 0.3 is 0 Å². The van der Waals surface area contributed by atoms with Gasteiger partial charge in [-0.1, -0.05) is 31.6 Å². The Bertz CT molecular complexity index is 328. The molecule has 4 unspecified atom stereocenters. The lowest BCUT2D eigenvalue weighted by Crippen LogP contribution is -2.62. The predicted octanol–water partition coefficient (Wildman–Crippen LogP) is 2.44. The summed E-state index contributed by atoms with van der Waals surface area (Å²) in [5.74, 6) is 1.22. The Hall–Kier alpha value is -0.600. The minimum Gasteiger partial charge on any atom is -0.299 e. The minimum atomic E-state index is 0.408. The van der Waals surface area contributed by atoms with Crippen molar-refractivity contribution in [3.05, 3.63) is 23.3 Å². The Kier molecular flexibility index (Phi) is 3.22. The summed E-state index contributed by atoms with van der Waals surface area (Å²) in [4.78, 5) is 0. The van der Waals surface area contributed by atoms with Crippen LogP contribution in [-0.2, 0) is 0 Å². The van der Waals surface area contributed by atoms with Gasteiger partial charge in [0.25, 0.3) is 0 Å². The second-order valence-corrected chi connectivity index (χ2v) is 5.61. The molecule has 2 aliphatic rings. The number of fused-ring (bicyclic) bond motifs is 1. The molecule has 1 heterocycles. The quantitative estimate of drug-likeness (QED) is 0.709. The fourth-order valence-electron chi connectivity index (χ4n) is 3.01. The Morgan fingerprint density at radius 3 is 2.50 bits per heavy atom. The number of nitrogens with one attached hydrogen (secondary N) is 2. The molecule has 1 aliphatic carbocycles. The number of allylic oxidation sites excluding steroid dienone is 2. The molecule has 4 atom stereocenters. The van der Waals surface area contributed by atoms with Crippen molar-refractivity contribution < 1.29 is 0 Å². The van der Waals surface area contributed by atoms with E-state index < -0.39 is 0 Å². The molecule has 0 spiro atoms. The highest BCUT2D eigenvalue weighted by Gasteiger charge is 2.36. The van der Waals surface area contributed by atoms with Crippen molar-refractivity contribution in [2.45, 2.75) is 52.9 Å². The summed E-state index contributed by atoms with van der Waals surface area (Å²) in [7, 11) is 0. The van der Waals surface area contributed by atoms with Crippen molar-refractivity contribution in [3.63, 3.8) is 0 Å². The monoisotopic (exact) mass is 220 g/mol. The first-order valence-corrected chi connectivity index (χ1v) is 6.41. The minimum absolute atomic E-state index is 0.408. The van der Waals surface area contributed by atoms with E-state index >= 15 is 0 Å². The van der Waals surface area contributed by atoms with Crippen LogP contribution in [0.2, 0.25) is 0 Å². The maximum Gasteiger partial charge on any atom is 0.0549 e. The molecular weight excluding hydrogens is 196 g/mol. The van der Waals surface area contributed by atoms with Gasteiger partial charge in [-0.2, -0.15) is 0 Å². The molecule has 2 nitrogen and oxygen atoms in total. The highest BCUT2D eigenvalue weighted by atomic mass is 15.2. The molecule has 2 N–H and O–H groups in total. The normalized spacial score (nSPS) is 39.1. The Morgan fingerprint density at radius 1 is 1.19 bits per heavy atom. The van der Waals surface area contributed by atoms with Crippen LogP contribution in [0, 0.1) is 11.8 Å². The predicted molar refractivity (Wildman–Crippen MR) is 69.2 cm³/mol. The molecule has 0 aromatic carbocycles. The lowest BCUT2D eigenvalue weighted by Gasteiger charge is -2.44. The molecular formula is C14H24N2. The Balaban J connectivity index is 2.30. The molecule has 0 radical (unpaired) electrons. The molecule has 90 valence electrons. The molecule has 1 saturated heterocycles. The smallest absolute Gasteiger partial charge is 0.0549 e. The molecule has 2 heteroatoms. The van der Waals surface area contributed by atoms with E-state index in [0.29, 0.717) is 30.1 Å². The molecule has 0 bridgehead atoms. The van der Waals surface area contributed by atoms with Gasteiger partial charge in [0, 0.05) is 18.0 Å². The summed E-state index contributed by atoms with van der Waals surface area (Å²) in [6.07, 6.45) is 5.18. The van der Waals surface area contributed by atoms with Crippen LogP contribution in [0.4, 0.5) is 0 Å². The summed E-state index contributed by atoms with van der Waals surface area (Å²) >= 11 is 0. The van der Waals surface area contributed by atoms with Gasteiger partial charge in [-0.3, -0.25) is 10.6 Å². The van der Waals surface area contributed by atoms with Crippen LogP contribution < -0.4 is 10.6 Å². The molecule has 0 amide bonds. The lowest BCUT2D eigenvalue weighted by atomic mass is 9.76. The van der Waals surface area contributed by atoms with Crippen LogP contribution in [0.15, 0.2) is 23.3 Å². The van der Waals surface area contributed by atoms with Crippen molar-refractivity contribution >= 4 is 0 Å². The lowest BCUT2D eigenvalue weighted by molar-refractivity contribution is 0.222. The summed E-state index contributed by atoms with van der Waals surface area (Å²) in [6, 6.07) is 1.08. The molecule has 16 heavy (non-hydrogen) atoms. The topological polar surface area (TPSA) is 24.1 Å². The summed E-state index contributed by atoms with van der Waals surface area (Å²) in [5, 5.41) is 7.25. The van der Waals surface area contributed by atoms with Crippen molar-refractivity contribution in [2.24, 2.45) is 11.8 Å². The fourth-order valence-corrected chi connectivity index (χ4v) is 3.01. The second kappa shape index (κ2) is 4.34. The van der Waals surface area contributed by atoms with Crippen molar-refractivity contribution in [2.75, 3.05) is 0 Å². The van der Waals surface area contributed by atoms with Gasteiger partial charge < -0.3 is 0 Å². The second-order valence-electron chi connectivity index (χ2n) is 5.61. The molecule has 0 aromatic rings. The van der Waals surface area contributed by atoms with Crippen molar-refractivity contribution in [3.8, 4) is 0 Å². The van der Waals surface area contributed by atoms with Crippen LogP contribution >= 0.6 is 0 Å². The van der Waals surface area contributed by atoms with Crippen LogP contribution in [0.3, 0.4) is 0 Å². The molecule has 2 rings (SSSR count). The van der Waals surface area contributed by atoms with Gasteiger partial charge in [0.05, 0.1) is 6.17 Å². The SMILES string of the molecule is CC1=CC2C(C)NC(C)NC2C(C(C)C)=C1. The first-order valence-electron chi connectivity index (χ1n) is 6.41. The maximum atomic E-state index is 3.68. The first kappa shape index (κ1) is 11.9. The summed E-state index contributed by atoms with van der Waals surface area (Å²) < 4.78 is 0. The zero-order valence-electron chi connectivity index (χ0n) is 11.0. The van der Waals surface area contributed by atoms with E-state index in [1.54, 1.807) is 5.57 Å². The maximum absolute atomic E-state index is 3.68. The van der Waals surface area contributed by atoms with Gasteiger partial charge in [-0.25, -0.2) is 0 Å². The van der Waals surface area contributed by atoms with Crippen molar-refractivity contribution in [1.82, 2.24) is 10.6 Å². The van der Waals surface area contributed by atoms with Gasteiger partial charge in [-0.15, -0.1) is 0 Å². The van der Waals surface area contributed by atoms with Crippen molar-refractivity contribution in [1.29, 1.82) is 0 Å². The third-order valence-electron chi connectivity index (χ3n) is 3.78. The molecule has 0 aromatic heterocycles. The largest absolute Gasteiger partial charge is 0.299 e. The summed E-state index contributed by atoms with van der Waals surface area (Å²) in [5.41, 5.74) is 2.97. The number of rotatable bonds is 1. The van der Waals surface area contributed by atoms with E-state index in [1.807, 2.05) is 0 Å². The van der Waals surface area contributed by atoms with Crippen LogP contribution in [-0.4, -0.2) is 18.2 Å².